The van der Waals surface area contributed by atoms with Crippen molar-refractivity contribution in [2.75, 3.05) is 5.32 Å². The fourth-order valence-corrected chi connectivity index (χ4v) is 2.75. The van der Waals surface area contributed by atoms with E-state index in [9.17, 15) is 14.9 Å². The first-order chi connectivity index (χ1) is 12.8. The third-order valence-corrected chi connectivity index (χ3v) is 4.33. The highest BCUT2D eigenvalue weighted by atomic mass is 35.5. The summed E-state index contributed by atoms with van der Waals surface area (Å²) in [6.45, 7) is 1.78. The molecule has 0 radical (unpaired) electrons. The van der Waals surface area contributed by atoms with Crippen LogP contribution >= 0.6 is 23.2 Å². The Morgan fingerprint density at radius 3 is 2.63 bits per heavy atom. The van der Waals surface area contributed by atoms with E-state index in [-0.39, 0.29) is 28.8 Å². The molecule has 0 fully saturated rings. The summed E-state index contributed by atoms with van der Waals surface area (Å²) in [5.74, 6) is -0.246. The SMILES string of the molecule is Cc1c([N+](=O)[O-])cnn1CC(=O)Nc1nn(Cc2ccc(Cl)cc2)cc1Cl. The molecule has 2 heterocycles. The van der Waals surface area contributed by atoms with Crippen molar-refractivity contribution in [3.8, 4) is 0 Å². The standard InChI is InChI=1S/C16H14Cl2N6O3/c1-10-14(24(26)27)6-19-23(10)9-15(25)20-16-13(18)8-22(21-16)7-11-2-4-12(17)5-3-11/h2-6,8H,7,9H2,1H3,(H,20,21,25). The predicted molar refractivity (Wildman–Crippen MR) is 100 cm³/mol. The van der Waals surface area contributed by atoms with Crippen molar-refractivity contribution >= 4 is 40.6 Å². The van der Waals surface area contributed by atoms with Crippen LogP contribution in [0.15, 0.2) is 36.7 Å². The normalized spacial score (nSPS) is 10.8. The van der Waals surface area contributed by atoms with Gasteiger partial charge in [0, 0.05) is 11.2 Å². The number of aromatic nitrogens is 4. The number of carbonyl (C=O) groups excluding carboxylic acids is 1. The van der Waals surface area contributed by atoms with Crippen LogP contribution < -0.4 is 5.32 Å². The van der Waals surface area contributed by atoms with Gasteiger partial charge in [-0.3, -0.25) is 24.3 Å². The third-order valence-electron chi connectivity index (χ3n) is 3.80. The van der Waals surface area contributed by atoms with Gasteiger partial charge in [0.2, 0.25) is 5.91 Å². The molecule has 3 aromatic rings. The summed E-state index contributed by atoms with van der Waals surface area (Å²) in [6.07, 6.45) is 2.70. The number of hydrogen-bond acceptors (Lipinski definition) is 5. The fourth-order valence-electron chi connectivity index (χ4n) is 2.42. The minimum absolute atomic E-state index is 0.145. The van der Waals surface area contributed by atoms with E-state index in [1.165, 1.54) is 11.6 Å². The lowest BCUT2D eigenvalue weighted by atomic mass is 10.2. The Kier molecular flexibility index (Phi) is 5.43. The van der Waals surface area contributed by atoms with Gasteiger partial charge in [0.25, 0.3) is 0 Å². The first-order valence-corrected chi connectivity index (χ1v) is 8.53. The summed E-state index contributed by atoms with van der Waals surface area (Å²) < 4.78 is 2.83. The molecule has 9 nitrogen and oxygen atoms in total. The Hall–Kier alpha value is -2.91. The average molecular weight is 409 g/mol. The lowest BCUT2D eigenvalue weighted by Crippen LogP contribution is -2.21. The molecule has 2 aromatic heterocycles. The Morgan fingerprint density at radius 1 is 1.30 bits per heavy atom. The van der Waals surface area contributed by atoms with E-state index in [1.807, 2.05) is 12.1 Å². The van der Waals surface area contributed by atoms with Crippen LogP contribution in [-0.4, -0.2) is 30.4 Å². The zero-order chi connectivity index (χ0) is 19.6. The van der Waals surface area contributed by atoms with Crippen molar-refractivity contribution in [1.29, 1.82) is 0 Å². The maximum absolute atomic E-state index is 12.2. The maximum atomic E-state index is 12.2. The van der Waals surface area contributed by atoms with Gasteiger partial charge >= 0.3 is 5.69 Å². The van der Waals surface area contributed by atoms with Crippen LogP contribution in [0.3, 0.4) is 0 Å². The Balaban J connectivity index is 1.67. The second-order valence-corrected chi connectivity index (χ2v) is 6.57. The zero-order valence-electron chi connectivity index (χ0n) is 14.1. The number of nitrogens with zero attached hydrogens (tertiary/aromatic N) is 5. The molecule has 0 atom stereocenters. The van der Waals surface area contributed by atoms with Gasteiger partial charge in [-0.05, 0) is 24.6 Å². The molecule has 1 N–H and O–H groups in total. The van der Waals surface area contributed by atoms with Crippen LogP contribution in [0, 0.1) is 17.0 Å². The summed E-state index contributed by atoms with van der Waals surface area (Å²) in [6, 6.07) is 7.28. The first-order valence-electron chi connectivity index (χ1n) is 7.77. The number of hydrogen-bond donors (Lipinski definition) is 1. The lowest BCUT2D eigenvalue weighted by molar-refractivity contribution is -0.385. The number of nitrogens with one attached hydrogen (secondary N) is 1. The van der Waals surface area contributed by atoms with Crippen molar-refractivity contribution in [2.24, 2.45) is 0 Å². The maximum Gasteiger partial charge on any atom is 0.309 e. The summed E-state index contributed by atoms with van der Waals surface area (Å²) in [4.78, 5) is 22.5. The van der Waals surface area contributed by atoms with E-state index in [0.29, 0.717) is 11.6 Å². The van der Waals surface area contributed by atoms with Gasteiger partial charge in [-0.2, -0.15) is 10.2 Å². The van der Waals surface area contributed by atoms with Crippen molar-refractivity contribution in [1.82, 2.24) is 19.6 Å². The smallest absolute Gasteiger partial charge is 0.306 e. The second-order valence-electron chi connectivity index (χ2n) is 5.73. The van der Waals surface area contributed by atoms with E-state index in [2.05, 4.69) is 15.5 Å². The van der Waals surface area contributed by atoms with Crippen LogP contribution in [0.5, 0.6) is 0 Å². The highest BCUT2D eigenvalue weighted by Gasteiger charge is 2.19. The fraction of sp³-hybridized carbons (Fsp3) is 0.188. The van der Waals surface area contributed by atoms with E-state index >= 15 is 0 Å². The molecule has 0 aliphatic heterocycles. The van der Waals surface area contributed by atoms with Crippen LogP contribution in [0.4, 0.5) is 11.5 Å². The van der Waals surface area contributed by atoms with Gasteiger partial charge in [0.15, 0.2) is 5.82 Å². The van der Waals surface area contributed by atoms with Gasteiger partial charge in [-0.25, -0.2) is 0 Å². The molecule has 1 aromatic carbocycles. The van der Waals surface area contributed by atoms with Gasteiger partial charge in [-0.1, -0.05) is 35.3 Å². The molecule has 11 heteroatoms. The van der Waals surface area contributed by atoms with Crippen molar-refractivity contribution < 1.29 is 9.72 Å². The topological polar surface area (TPSA) is 108 Å². The number of halogens is 2. The third kappa shape index (κ3) is 4.44. The molecule has 0 aliphatic carbocycles. The Bertz CT molecular complexity index is 996. The Morgan fingerprint density at radius 2 is 2.00 bits per heavy atom. The summed E-state index contributed by atoms with van der Waals surface area (Å²) in [5, 5.41) is 22.4. The molecule has 140 valence electrons. The first kappa shape index (κ1) is 18.9. The molecule has 0 saturated carbocycles. The van der Waals surface area contributed by atoms with E-state index in [4.69, 9.17) is 23.2 Å². The molecule has 3 rings (SSSR count). The van der Waals surface area contributed by atoms with E-state index in [0.717, 1.165) is 11.8 Å². The van der Waals surface area contributed by atoms with Crippen LogP contribution in [-0.2, 0) is 17.9 Å². The average Bonchev–Trinajstić information content (AvgIpc) is 3.13. The summed E-state index contributed by atoms with van der Waals surface area (Å²) in [5.41, 5.74) is 1.11. The molecule has 0 aliphatic rings. The van der Waals surface area contributed by atoms with Gasteiger partial charge in [-0.15, -0.1) is 0 Å². The molecule has 1 amide bonds. The molecule has 27 heavy (non-hydrogen) atoms. The molecule has 0 bridgehead atoms. The van der Waals surface area contributed by atoms with Crippen LogP contribution in [0.1, 0.15) is 11.3 Å². The largest absolute Gasteiger partial charge is 0.309 e. The van der Waals surface area contributed by atoms with Crippen LogP contribution in [0.2, 0.25) is 10.0 Å². The van der Waals surface area contributed by atoms with Crippen molar-refractivity contribution in [2.45, 2.75) is 20.0 Å². The molecular weight excluding hydrogens is 395 g/mol. The number of carbonyl (C=O) groups is 1. The van der Waals surface area contributed by atoms with Gasteiger partial charge in [0.05, 0.1) is 11.5 Å². The van der Waals surface area contributed by atoms with Crippen LogP contribution in [0.25, 0.3) is 0 Å². The second kappa shape index (κ2) is 7.77. The number of amides is 1. The van der Waals surface area contributed by atoms with Gasteiger partial charge in [0.1, 0.15) is 23.5 Å². The van der Waals surface area contributed by atoms with Crippen molar-refractivity contribution in [3.63, 3.8) is 0 Å². The molecule has 0 saturated heterocycles. The molecular formula is C16H14Cl2N6O3. The van der Waals surface area contributed by atoms with E-state index < -0.39 is 10.8 Å². The minimum Gasteiger partial charge on any atom is -0.306 e. The number of rotatable bonds is 6. The predicted octanol–water partition coefficient (Wildman–Crippen LogP) is 3.29. The monoisotopic (exact) mass is 408 g/mol. The minimum atomic E-state index is -0.550. The number of anilines is 1. The number of nitro groups is 1. The van der Waals surface area contributed by atoms with E-state index in [1.54, 1.807) is 23.0 Å². The quantitative estimate of drug-likeness (QED) is 0.497. The van der Waals surface area contributed by atoms with Crippen molar-refractivity contribution in [3.05, 3.63) is 68.1 Å². The highest BCUT2D eigenvalue weighted by molar-refractivity contribution is 6.33. The zero-order valence-corrected chi connectivity index (χ0v) is 15.6. The molecule has 0 unspecified atom stereocenters. The molecule has 0 spiro atoms. The highest BCUT2D eigenvalue weighted by Crippen LogP contribution is 2.21. The number of benzene rings is 1. The lowest BCUT2D eigenvalue weighted by Gasteiger charge is -2.05. The Labute approximate surface area is 163 Å². The summed E-state index contributed by atoms with van der Waals surface area (Å²) in [7, 11) is 0. The summed E-state index contributed by atoms with van der Waals surface area (Å²) >= 11 is 12.0. The van der Waals surface area contributed by atoms with Gasteiger partial charge < -0.3 is 5.32 Å².